The maximum atomic E-state index is 6.10. The summed E-state index contributed by atoms with van der Waals surface area (Å²) in [6, 6.07) is 5.74. The number of benzene rings is 1. The highest BCUT2D eigenvalue weighted by atomic mass is 35.5. The van der Waals surface area contributed by atoms with E-state index in [1.165, 1.54) is 0 Å². The molecule has 1 atom stereocenters. The number of halogens is 2. The summed E-state index contributed by atoms with van der Waals surface area (Å²) in [5.74, 6) is 1.54. The molecule has 1 nitrogen and oxygen atoms in total. The molecule has 0 heterocycles. The van der Waals surface area contributed by atoms with Crippen LogP contribution in [-0.2, 0) is 6.42 Å². The van der Waals surface area contributed by atoms with Crippen LogP contribution in [-0.4, -0.2) is 13.0 Å². The number of methoxy groups -OCH3 is 1. The van der Waals surface area contributed by atoms with E-state index >= 15 is 0 Å². The molecule has 0 aromatic heterocycles. The van der Waals surface area contributed by atoms with Crippen LogP contribution in [0.15, 0.2) is 18.2 Å². The molecule has 3 heteroatoms. The van der Waals surface area contributed by atoms with Crippen molar-refractivity contribution in [3.05, 3.63) is 28.8 Å². The first-order valence-corrected chi connectivity index (χ1v) is 6.84. The lowest BCUT2D eigenvalue weighted by Gasteiger charge is -2.27. The number of alkyl halides is 1. The fraction of sp³-hybridized carbons (Fsp3) is 0.571. The monoisotopic (exact) mass is 274 g/mol. The van der Waals surface area contributed by atoms with Crippen LogP contribution in [0.5, 0.6) is 5.75 Å². The van der Waals surface area contributed by atoms with Gasteiger partial charge in [0.05, 0.1) is 7.11 Å². The van der Waals surface area contributed by atoms with Gasteiger partial charge in [-0.05, 0) is 42.0 Å². The van der Waals surface area contributed by atoms with Crippen molar-refractivity contribution < 1.29 is 4.74 Å². The second-order valence-electron chi connectivity index (χ2n) is 4.83. The first-order chi connectivity index (χ1) is 8.04. The van der Waals surface area contributed by atoms with Gasteiger partial charge in [-0.2, -0.15) is 0 Å². The van der Waals surface area contributed by atoms with E-state index in [4.69, 9.17) is 27.9 Å². The SMILES string of the molecule is CCCC(C)(CCl)Cc1cc(Cl)ccc1OC. The van der Waals surface area contributed by atoms with Crippen molar-refractivity contribution in [2.45, 2.75) is 33.1 Å². The molecule has 17 heavy (non-hydrogen) atoms. The van der Waals surface area contributed by atoms with Crippen molar-refractivity contribution in [2.75, 3.05) is 13.0 Å². The third-order valence-electron chi connectivity index (χ3n) is 3.04. The topological polar surface area (TPSA) is 9.23 Å². The Kier molecular flexibility index (Phi) is 5.61. The Hall–Kier alpha value is -0.400. The van der Waals surface area contributed by atoms with Gasteiger partial charge in [0.15, 0.2) is 0 Å². The molecule has 96 valence electrons. The predicted molar refractivity (Wildman–Crippen MR) is 75.4 cm³/mol. The van der Waals surface area contributed by atoms with Crippen LogP contribution in [0.25, 0.3) is 0 Å². The zero-order chi connectivity index (χ0) is 12.9. The van der Waals surface area contributed by atoms with Crippen LogP contribution in [0.4, 0.5) is 0 Å². The molecule has 0 amide bonds. The third kappa shape index (κ3) is 4.08. The molecule has 0 saturated carbocycles. The molecule has 1 aromatic carbocycles. The van der Waals surface area contributed by atoms with E-state index < -0.39 is 0 Å². The van der Waals surface area contributed by atoms with Gasteiger partial charge >= 0.3 is 0 Å². The quantitative estimate of drug-likeness (QED) is 0.668. The van der Waals surface area contributed by atoms with Crippen LogP contribution < -0.4 is 4.74 Å². The van der Waals surface area contributed by atoms with E-state index in [2.05, 4.69) is 13.8 Å². The summed E-state index contributed by atoms with van der Waals surface area (Å²) in [5.41, 5.74) is 1.24. The Balaban J connectivity index is 2.95. The van der Waals surface area contributed by atoms with E-state index in [0.29, 0.717) is 5.88 Å². The standard InChI is InChI=1S/C14H20Cl2O/c1-4-7-14(2,10-15)9-11-8-12(16)5-6-13(11)17-3/h5-6,8H,4,7,9-10H2,1-3H3. The number of ether oxygens (including phenoxy) is 1. The van der Waals surface area contributed by atoms with Gasteiger partial charge in [0.1, 0.15) is 5.75 Å². The highest BCUT2D eigenvalue weighted by Crippen LogP contribution is 2.34. The largest absolute Gasteiger partial charge is 0.496 e. The van der Waals surface area contributed by atoms with E-state index in [1.807, 2.05) is 18.2 Å². The molecule has 0 aliphatic heterocycles. The van der Waals surface area contributed by atoms with Gasteiger partial charge in [0.25, 0.3) is 0 Å². The van der Waals surface area contributed by atoms with Crippen LogP contribution in [0.3, 0.4) is 0 Å². The highest BCUT2D eigenvalue weighted by molar-refractivity contribution is 6.30. The molecular formula is C14H20Cl2O. The normalized spacial score (nSPS) is 14.4. The van der Waals surface area contributed by atoms with E-state index in [0.717, 1.165) is 35.6 Å². The van der Waals surface area contributed by atoms with Gasteiger partial charge in [-0.15, -0.1) is 11.6 Å². The molecule has 0 N–H and O–H groups in total. The summed E-state index contributed by atoms with van der Waals surface area (Å²) >= 11 is 12.1. The molecule has 0 saturated heterocycles. The Morgan fingerprint density at radius 2 is 2.06 bits per heavy atom. The van der Waals surface area contributed by atoms with Gasteiger partial charge in [0, 0.05) is 10.9 Å². The van der Waals surface area contributed by atoms with E-state index in [1.54, 1.807) is 7.11 Å². The average molecular weight is 275 g/mol. The summed E-state index contributed by atoms with van der Waals surface area (Å²) in [7, 11) is 1.69. The van der Waals surface area contributed by atoms with Crippen LogP contribution >= 0.6 is 23.2 Å². The van der Waals surface area contributed by atoms with Crippen molar-refractivity contribution >= 4 is 23.2 Å². The van der Waals surface area contributed by atoms with Gasteiger partial charge in [-0.25, -0.2) is 0 Å². The molecular weight excluding hydrogens is 255 g/mol. The average Bonchev–Trinajstić information content (AvgIpc) is 2.29. The van der Waals surface area contributed by atoms with E-state index in [9.17, 15) is 0 Å². The first-order valence-electron chi connectivity index (χ1n) is 5.93. The highest BCUT2D eigenvalue weighted by Gasteiger charge is 2.24. The summed E-state index contributed by atoms with van der Waals surface area (Å²) in [6.07, 6.45) is 3.13. The lowest BCUT2D eigenvalue weighted by atomic mass is 9.81. The lowest BCUT2D eigenvalue weighted by molar-refractivity contribution is 0.326. The van der Waals surface area contributed by atoms with Crippen molar-refractivity contribution in [3.8, 4) is 5.75 Å². The fourth-order valence-electron chi connectivity index (χ4n) is 2.15. The molecule has 1 aromatic rings. The Morgan fingerprint density at radius 1 is 1.35 bits per heavy atom. The smallest absolute Gasteiger partial charge is 0.122 e. The van der Waals surface area contributed by atoms with Gasteiger partial charge < -0.3 is 4.74 Å². The van der Waals surface area contributed by atoms with Gasteiger partial charge in [0.2, 0.25) is 0 Å². The maximum Gasteiger partial charge on any atom is 0.122 e. The Bertz CT molecular complexity index is 365. The van der Waals surface area contributed by atoms with Crippen LogP contribution in [0, 0.1) is 5.41 Å². The molecule has 0 bridgehead atoms. The minimum atomic E-state index is 0.105. The third-order valence-corrected chi connectivity index (χ3v) is 3.92. The van der Waals surface area contributed by atoms with Crippen molar-refractivity contribution in [2.24, 2.45) is 5.41 Å². The molecule has 0 spiro atoms. The number of rotatable bonds is 6. The van der Waals surface area contributed by atoms with Crippen molar-refractivity contribution in [1.29, 1.82) is 0 Å². The molecule has 1 rings (SSSR count). The second-order valence-corrected chi connectivity index (χ2v) is 5.53. The summed E-state index contributed by atoms with van der Waals surface area (Å²) in [5, 5.41) is 0.745. The minimum absolute atomic E-state index is 0.105. The molecule has 0 fully saturated rings. The molecule has 0 radical (unpaired) electrons. The minimum Gasteiger partial charge on any atom is -0.496 e. The summed E-state index contributed by atoms with van der Waals surface area (Å²) in [4.78, 5) is 0. The first kappa shape index (κ1) is 14.7. The van der Waals surface area contributed by atoms with Crippen LogP contribution in [0.1, 0.15) is 32.3 Å². The molecule has 0 aliphatic rings. The zero-order valence-corrected chi connectivity index (χ0v) is 12.2. The molecule has 1 unspecified atom stereocenters. The van der Waals surface area contributed by atoms with E-state index in [-0.39, 0.29) is 5.41 Å². The number of hydrogen-bond acceptors (Lipinski definition) is 1. The Labute approximate surface area is 114 Å². The van der Waals surface area contributed by atoms with Crippen LogP contribution in [0.2, 0.25) is 5.02 Å². The van der Waals surface area contributed by atoms with Crippen molar-refractivity contribution in [3.63, 3.8) is 0 Å². The second kappa shape index (κ2) is 6.51. The van der Waals surface area contributed by atoms with Crippen molar-refractivity contribution in [1.82, 2.24) is 0 Å². The summed E-state index contributed by atoms with van der Waals surface area (Å²) < 4.78 is 5.37. The molecule has 0 aliphatic carbocycles. The fourth-order valence-corrected chi connectivity index (χ4v) is 2.57. The zero-order valence-electron chi connectivity index (χ0n) is 10.7. The Morgan fingerprint density at radius 3 is 2.59 bits per heavy atom. The maximum absolute atomic E-state index is 6.10. The van der Waals surface area contributed by atoms with Gasteiger partial charge in [-0.1, -0.05) is 31.9 Å². The lowest BCUT2D eigenvalue weighted by Crippen LogP contribution is -2.21. The summed E-state index contributed by atoms with van der Waals surface area (Å²) in [6.45, 7) is 4.39. The predicted octanol–water partition coefficient (Wildman–Crippen LogP) is 4.94. The number of hydrogen-bond donors (Lipinski definition) is 0. The van der Waals surface area contributed by atoms with Gasteiger partial charge in [-0.3, -0.25) is 0 Å².